The lowest BCUT2D eigenvalue weighted by Crippen LogP contribution is -2.28. The largest absolute Gasteiger partial charge is 0.370 e. The Bertz CT molecular complexity index is 528. The van der Waals surface area contributed by atoms with Gasteiger partial charge < -0.3 is 5.73 Å². The average Bonchev–Trinajstić information content (AvgIpc) is 2.21. The van der Waals surface area contributed by atoms with Crippen molar-refractivity contribution in [1.82, 2.24) is 4.72 Å². The summed E-state index contributed by atoms with van der Waals surface area (Å²) in [6, 6.07) is 4.71. The molecule has 5 nitrogen and oxygen atoms in total. The van der Waals surface area contributed by atoms with Gasteiger partial charge in [0.25, 0.3) is 0 Å². The van der Waals surface area contributed by atoms with Crippen LogP contribution in [0.2, 0.25) is 0 Å². The summed E-state index contributed by atoms with van der Waals surface area (Å²) in [4.78, 5) is 10.7. The molecule has 0 atom stereocenters. The highest BCUT2D eigenvalue weighted by molar-refractivity contribution is 9.10. The van der Waals surface area contributed by atoms with Crippen LogP contribution in [-0.2, 0) is 14.8 Å². The monoisotopic (exact) mass is 320 g/mol. The van der Waals surface area contributed by atoms with E-state index in [4.69, 9.17) is 5.73 Å². The van der Waals surface area contributed by atoms with Crippen LogP contribution < -0.4 is 10.5 Å². The van der Waals surface area contributed by atoms with E-state index in [1.54, 1.807) is 19.1 Å². The van der Waals surface area contributed by atoms with Gasteiger partial charge in [-0.15, -0.1) is 0 Å². The van der Waals surface area contributed by atoms with E-state index in [0.29, 0.717) is 0 Å². The molecule has 0 heterocycles. The minimum atomic E-state index is -3.57. The fourth-order valence-corrected chi connectivity index (χ4v) is 2.54. The number of benzene rings is 1. The van der Waals surface area contributed by atoms with Crippen LogP contribution in [0.15, 0.2) is 27.6 Å². The van der Waals surface area contributed by atoms with Crippen molar-refractivity contribution in [2.75, 3.05) is 6.54 Å². The van der Waals surface area contributed by atoms with Crippen molar-refractivity contribution in [1.29, 1.82) is 0 Å². The number of hydrogen-bond acceptors (Lipinski definition) is 3. The van der Waals surface area contributed by atoms with Crippen LogP contribution in [0.4, 0.5) is 0 Å². The van der Waals surface area contributed by atoms with Crippen LogP contribution in [0, 0.1) is 6.92 Å². The number of nitrogens with one attached hydrogen (secondary N) is 1. The molecule has 7 heteroatoms. The smallest absolute Gasteiger partial charge is 0.240 e. The van der Waals surface area contributed by atoms with E-state index in [1.165, 1.54) is 6.07 Å². The first-order valence-electron chi connectivity index (χ1n) is 4.87. The fourth-order valence-electron chi connectivity index (χ4n) is 1.18. The van der Waals surface area contributed by atoms with E-state index >= 15 is 0 Å². The molecule has 0 unspecified atom stereocenters. The topological polar surface area (TPSA) is 89.3 Å². The number of amides is 1. The number of sulfonamides is 1. The molecule has 1 aromatic carbocycles. The van der Waals surface area contributed by atoms with Gasteiger partial charge in [-0.3, -0.25) is 4.79 Å². The average molecular weight is 321 g/mol. The molecule has 0 saturated carbocycles. The molecule has 3 N–H and O–H groups in total. The highest BCUT2D eigenvalue weighted by atomic mass is 79.9. The van der Waals surface area contributed by atoms with Gasteiger partial charge in [-0.25, -0.2) is 13.1 Å². The quantitative estimate of drug-likeness (QED) is 0.845. The van der Waals surface area contributed by atoms with E-state index in [2.05, 4.69) is 20.7 Å². The molecule has 94 valence electrons. The summed E-state index contributed by atoms with van der Waals surface area (Å²) in [7, 11) is -3.57. The van der Waals surface area contributed by atoms with Crippen LogP contribution in [0.5, 0.6) is 0 Å². The molecule has 0 saturated heterocycles. The molecular formula is C10H13BrN2O3S. The third kappa shape index (κ3) is 4.10. The molecule has 1 amide bonds. The summed E-state index contributed by atoms with van der Waals surface area (Å²) in [6.07, 6.45) is -0.0191. The predicted octanol–water partition coefficient (Wildman–Crippen LogP) is 0.911. The second-order valence-electron chi connectivity index (χ2n) is 3.53. The number of aryl methyl sites for hydroxylation is 1. The number of rotatable bonds is 5. The number of halogens is 1. The molecular weight excluding hydrogens is 308 g/mol. The van der Waals surface area contributed by atoms with Gasteiger partial charge in [-0.05, 0) is 30.7 Å². The lowest BCUT2D eigenvalue weighted by molar-refractivity contribution is -0.117. The van der Waals surface area contributed by atoms with Gasteiger partial charge in [0.1, 0.15) is 0 Å². The van der Waals surface area contributed by atoms with Gasteiger partial charge >= 0.3 is 0 Å². The molecule has 0 aliphatic carbocycles. The van der Waals surface area contributed by atoms with Gasteiger partial charge in [0.15, 0.2) is 0 Å². The Morgan fingerprint density at radius 1 is 1.47 bits per heavy atom. The van der Waals surface area contributed by atoms with Crippen LogP contribution >= 0.6 is 15.9 Å². The second kappa shape index (κ2) is 5.61. The Hall–Kier alpha value is -0.920. The van der Waals surface area contributed by atoms with Crippen LogP contribution in [0.3, 0.4) is 0 Å². The SMILES string of the molecule is Cc1cc(S(=O)(=O)NCCC(N)=O)ccc1Br. The Labute approximate surface area is 109 Å². The van der Waals surface area contributed by atoms with E-state index in [1.807, 2.05) is 0 Å². The highest BCUT2D eigenvalue weighted by Gasteiger charge is 2.14. The fraction of sp³-hybridized carbons (Fsp3) is 0.300. The standard InChI is InChI=1S/C10H13BrN2O3S/c1-7-6-8(2-3-9(7)11)17(15,16)13-5-4-10(12)14/h2-3,6,13H,4-5H2,1H3,(H2,12,14). The van der Waals surface area contributed by atoms with E-state index in [-0.39, 0.29) is 17.9 Å². The van der Waals surface area contributed by atoms with Gasteiger partial charge in [0.05, 0.1) is 4.90 Å². The number of hydrogen-bond donors (Lipinski definition) is 2. The van der Waals surface area contributed by atoms with Gasteiger partial charge in [-0.1, -0.05) is 15.9 Å². The molecule has 0 spiro atoms. The van der Waals surface area contributed by atoms with Crippen molar-refractivity contribution in [2.24, 2.45) is 5.73 Å². The molecule has 0 radical (unpaired) electrons. The van der Waals surface area contributed by atoms with Crippen LogP contribution in [0.1, 0.15) is 12.0 Å². The highest BCUT2D eigenvalue weighted by Crippen LogP contribution is 2.19. The number of carbonyl (C=O) groups is 1. The van der Waals surface area contributed by atoms with Crippen LogP contribution in [-0.4, -0.2) is 20.9 Å². The van der Waals surface area contributed by atoms with Crippen molar-refractivity contribution in [3.05, 3.63) is 28.2 Å². The van der Waals surface area contributed by atoms with Crippen molar-refractivity contribution in [2.45, 2.75) is 18.2 Å². The molecule has 0 aliphatic heterocycles. The minimum Gasteiger partial charge on any atom is -0.370 e. The van der Waals surface area contributed by atoms with E-state index in [9.17, 15) is 13.2 Å². The third-order valence-corrected chi connectivity index (χ3v) is 4.45. The maximum atomic E-state index is 11.8. The molecule has 17 heavy (non-hydrogen) atoms. The summed E-state index contributed by atoms with van der Waals surface area (Å²) in [6.45, 7) is 1.80. The van der Waals surface area contributed by atoms with Crippen molar-refractivity contribution >= 4 is 31.9 Å². The first kappa shape index (κ1) is 14.1. The zero-order valence-electron chi connectivity index (χ0n) is 9.23. The lowest BCUT2D eigenvalue weighted by atomic mass is 10.2. The third-order valence-electron chi connectivity index (χ3n) is 2.10. The molecule has 0 bridgehead atoms. The molecule has 0 aromatic heterocycles. The predicted molar refractivity (Wildman–Crippen MR) is 67.9 cm³/mol. The van der Waals surface area contributed by atoms with Crippen molar-refractivity contribution < 1.29 is 13.2 Å². The van der Waals surface area contributed by atoms with E-state index < -0.39 is 15.9 Å². The van der Waals surface area contributed by atoms with Crippen molar-refractivity contribution in [3.8, 4) is 0 Å². The number of primary amides is 1. The summed E-state index contributed by atoms with van der Waals surface area (Å²) in [5.41, 5.74) is 5.75. The number of carbonyl (C=O) groups excluding carboxylic acids is 1. The number of nitrogens with two attached hydrogens (primary N) is 1. The lowest BCUT2D eigenvalue weighted by Gasteiger charge is -2.07. The normalized spacial score (nSPS) is 11.4. The maximum absolute atomic E-state index is 11.8. The molecule has 0 aliphatic rings. The summed E-state index contributed by atoms with van der Waals surface area (Å²) >= 11 is 3.29. The summed E-state index contributed by atoms with van der Waals surface area (Å²) < 4.78 is 26.7. The molecule has 1 aromatic rings. The Morgan fingerprint density at radius 2 is 2.12 bits per heavy atom. The zero-order valence-corrected chi connectivity index (χ0v) is 11.6. The molecule has 0 fully saturated rings. The zero-order chi connectivity index (χ0) is 13.1. The maximum Gasteiger partial charge on any atom is 0.240 e. The molecule has 1 rings (SSSR count). The first-order chi connectivity index (χ1) is 7.83. The second-order valence-corrected chi connectivity index (χ2v) is 6.15. The van der Waals surface area contributed by atoms with Gasteiger partial charge in [-0.2, -0.15) is 0 Å². The minimum absolute atomic E-state index is 0.00672. The summed E-state index contributed by atoms with van der Waals surface area (Å²) in [5.74, 6) is -0.542. The Kier molecular flexibility index (Phi) is 4.67. The summed E-state index contributed by atoms with van der Waals surface area (Å²) in [5, 5.41) is 0. The first-order valence-corrected chi connectivity index (χ1v) is 7.14. The van der Waals surface area contributed by atoms with Crippen LogP contribution in [0.25, 0.3) is 0 Å². The van der Waals surface area contributed by atoms with Gasteiger partial charge in [0, 0.05) is 17.4 Å². The Morgan fingerprint density at radius 3 is 2.65 bits per heavy atom. The van der Waals surface area contributed by atoms with Crippen molar-refractivity contribution in [3.63, 3.8) is 0 Å². The van der Waals surface area contributed by atoms with Gasteiger partial charge in [0.2, 0.25) is 15.9 Å². The van der Waals surface area contributed by atoms with E-state index in [0.717, 1.165) is 10.0 Å². The Balaban J connectivity index is 2.82.